The predicted molar refractivity (Wildman–Crippen MR) is 49.1 cm³/mol. The highest BCUT2D eigenvalue weighted by Gasteiger charge is 2.26. The van der Waals surface area contributed by atoms with Gasteiger partial charge < -0.3 is 4.42 Å². The standard InChI is InChI=1S/C8H12O5S/c1-8(2,13-14(9,10)11)6-7-4-3-5-12-7/h3-5H,6H2,1-2H3,(H,9,10,11). The summed E-state index contributed by atoms with van der Waals surface area (Å²) >= 11 is 0. The van der Waals surface area contributed by atoms with E-state index in [1.807, 2.05) is 0 Å². The van der Waals surface area contributed by atoms with Gasteiger partial charge in [0.1, 0.15) is 5.76 Å². The molecule has 1 aromatic rings. The van der Waals surface area contributed by atoms with Crippen LogP contribution in [0.3, 0.4) is 0 Å². The molecule has 6 heteroatoms. The SMILES string of the molecule is CC(C)(Cc1ccco1)OS(=O)(=O)O. The number of furan rings is 1. The average molecular weight is 220 g/mol. The van der Waals surface area contributed by atoms with E-state index < -0.39 is 16.0 Å². The fourth-order valence-electron chi connectivity index (χ4n) is 1.15. The summed E-state index contributed by atoms with van der Waals surface area (Å²) in [6.07, 6.45) is 1.75. The predicted octanol–water partition coefficient (Wildman–Crippen LogP) is 1.42. The molecule has 0 atom stereocenters. The first kappa shape index (κ1) is 11.2. The first-order chi connectivity index (χ1) is 6.29. The van der Waals surface area contributed by atoms with Crippen molar-refractivity contribution >= 4 is 10.4 Å². The molecule has 0 radical (unpaired) electrons. The van der Waals surface area contributed by atoms with E-state index in [2.05, 4.69) is 4.18 Å². The highest BCUT2D eigenvalue weighted by molar-refractivity contribution is 7.80. The maximum Gasteiger partial charge on any atom is 0.397 e. The second-order valence-electron chi connectivity index (χ2n) is 3.53. The molecule has 0 amide bonds. The molecule has 0 aliphatic rings. The molecule has 1 aromatic heterocycles. The van der Waals surface area contributed by atoms with Crippen molar-refractivity contribution in [1.29, 1.82) is 0 Å². The highest BCUT2D eigenvalue weighted by Crippen LogP contribution is 2.19. The smallest absolute Gasteiger partial charge is 0.397 e. The summed E-state index contributed by atoms with van der Waals surface area (Å²) < 4.78 is 39.0. The van der Waals surface area contributed by atoms with E-state index >= 15 is 0 Å². The lowest BCUT2D eigenvalue weighted by Crippen LogP contribution is -2.30. The molecule has 5 nitrogen and oxygen atoms in total. The molecule has 0 aromatic carbocycles. The Morgan fingerprint density at radius 1 is 1.57 bits per heavy atom. The summed E-state index contributed by atoms with van der Waals surface area (Å²) in [5.41, 5.74) is -1.02. The van der Waals surface area contributed by atoms with Gasteiger partial charge in [0, 0.05) is 6.42 Å². The lowest BCUT2D eigenvalue weighted by atomic mass is 10.0. The van der Waals surface area contributed by atoms with E-state index in [4.69, 9.17) is 8.97 Å². The molecule has 1 heterocycles. The Kier molecular flexibility index (Phi) is 2.98. The zero-order valence-electron chi connectivity index (χ0n) is 7.93. The summed E-state index contributed by atoms with van der Waals surface area (Å²) in [4.78, 5) is 0. The number of hydrogen-bond donors (Lipinski definition) is 1. The van der Waals surface area contributed by atoms with Gasteiger partial charge in [-0.25, -0.2) is 4.18 Å². The summed E-state index contributed by atoms with van der Waals surface area (Å²) in [7, 11) is -4.43. The van der Waals surface area contributed by atoms with Crippen molar-refractivity contribution in [3.63, 3.8) is 0 Å². The van der Waals surface area contributed by atoms with Crippen LogP contribution in [0.4, 0.5) is 0 Å². The molecule has 0 aliphatic carbocycles. The molecule has 0 unspecified atom stereocenters. The zero-order valence-corrected chi connectivity index (χ0v) is 8.74. The van der Waals surface area contributed by atoms with Crippen molar-refractivity contribution in [2.75, 3.05) is 0 Å². The van der Waals surface area contributed by atoms with E-state index in [0.29, 0.717) is 5.76 Å². The van der Waals surface area contributed by atoms with E-state index in [1.54, 1.807) is 26.0 Å². The van der Waals surface area contributed by atoms with Gasteiger partial charge in [0.2, 0.25) is 0 Å². The van der Waals surface area contributed by atoms with Crippen LogP contribution in [0.2, 0.25) is 0 Å². The van der Waals surface area contributed by atoms with E-state index in [-0.39, 0.29) is 6.42 Å². The van der Waals surface area contributed by atoms with Crippen LogP contribution in [0.25, 0.3) is 0 Å². The van der Waals surface area contributed by atoms with Crippen LogP contribution in [-0.4, -0.2) is 18.6 Å². The molecular weight excluding hydrogens is 208 g/mol. The first-order valence-electron chi connectivity index (χ1n) is 3.99. The van der Waals surface area contributed by atoms with Crippen molar-refractivity contribution in [3.8, 4) is 0 Å². The Balaban J connectivity index is 2.67. The molecule has 0 bridgehead atoms. The molecule has 0 saturated heterocycles. The maximum absolute atomic E-state index is 10.5. The van der Waals surface area contributed by atoms with Gasteiger partial charge in [0.05, 0.1) is 11.9 Å². The summed E-state index contributed by atoms with van der Waals surface area (Å²) in [5.74, 6) is 0.596. The average Bonchev–Trinajstić information content (AvgIpc) is 2.31. The van der Waals surface area contributed by atoms with Gasteiger partial charge >= 0.3 is 10.4 Å². The third-order valence-electron chi connectivity index (χ3n) is 1.51. The van der Waals surface area contributed by atoms with Crippen LogP contribution in [0.1, 0.15) is 19.6 Å². The monoisotopic (exact) mass is 220 g/mol. The molecule has 1 N–H and O–H groups in total. The molecule has 0 aliphatic heterocycles. The topological polar surface area (TPSA) is 76.7 Å². The molecule has 0 spiro atoms. The molecule has 0 saturated carbocycles. The maximum atomic E-state index is 10.5. The minimum absolute atomic E-state index is 0.264. The minimum atomic E-state index is -4.43. The van der Waals surface area contributed by atoms with Crippen LogP contribution in [0.15, 0.2) is 22.8 Å². The summed E-state index contributed by atoms with van der Waals surface area (Å²) in [6, 6.07) is 3.40. The Morgan fingerprint density at radius 2 is 2.21 bits per heavy atom. The van der Waals surface area contributed by atoms with Crippen molar-refractivity contribution in [3.05, 3.63) is 24.2 Å². The minimum Gasteiger partial charge on any atom is -0.469 e. The second kappa shape index (κ2) is 3.72. The largest absolute Gasteiger partial charge is 0.469 e. The van der Waals surface area contributed by atoms with Crippen LogP contribution < -0.4 is 0 Å². The second-order valence-corrected chi connectivity index (χ2v) is 4.55. The van der Waals surface area contributed by atoms with Gasteiger partial charge in [-0.2, -0.15) is 8.42 Å². The van der Waals surface area contributed by atoms with Crippen LogP contribution in [0, 0.1) is 0 Å². The Hall–Kier alpha value is -0.850. The molecule has 1 rings (SSSR count). The van der Waals surface area contributed by atoms with Crippen LogP contribution in [0.5, 0.6) is 0 Å². The quantitative estimate of drug-likeness (QED) is 0.776. The van der Waals surface area contributed by atoms with Gasteiger partial charge in [0.15, 0.2) is 0 Å². The lowest BCUT2D eigenvalue weighted by molar-refractivity contribution is 0.0944. The normalized spacial score (nSPS) is 13.1. The fourth-order valence-corrected chi connectivity index (χ4v) is 1.78. The Labute approximate surface area is 82.6 Å². The summed E-state index contributed by atoms with van der Waals surface area (Å²) in [6.45, 7) is 3.09. The van der Waals surface area contributed by atoms with E-state index in [9.17, 15) is 8.42 Å². The molecule has 14 heavy (non-hydrogen) atoms. The van der Waals surface area contributed by atoms with Gasteiger partial charge in [-0.1, -0.05) is 0 Å². The molecular formula is C8H12O5S. The fraction of sp³-hybridized carbons (Fsp3) is 0.500. The van der Waals surface area contributed by atoms with Crippen molar-refractivity contribution in [2.24, 2.45) is 0 Å². The first-order valence-corrected chi connectivity index (χ1v) is 5.35. The van der Waals surface area contributed by atoms with Crippen molar-refractivity contribution in [2.45, 2.75) is 25.9 Å². The third kappa shape index (κ3) is 3.91. The van der Waals surface area contributed by atoms with Crippen LogP contribution >= 0.6 is 0 Å². The Morgan fingerprint density at radius 3 is 2.64 bits per heavy atom. The van der Waals surface area contributed by atoms with E-state index in [1.165, 1.54) is 6.26 Å². The van der Waals surface area contributed by atoms with Gasteiger partial charge in [-0.3, -0.25) is 4.55 Å². The molecule has 80 valence electrons. The zero-order chi connectivity index (χ0) is 10.8. The third-order valence-corrected chi connectivity index (χ3v) is 2.17. The van der Waals surface area contributed by atoms with Gasteiger partial charge in [-0.05, 0) is 26.0 Å². The summed E-state index contributed by atoms with van der Waals surface area (Å²) in [5, 5.41) is 0. The van der Waals surface area contributed by atoms with Gasteiger partial charge in [0.25, 0.3) is 0 Å². The Bertz CT molecular complexity index is 376. The van der Waals surface area contributed by atoms with Crippen LogP contribution in [-0.2, 0) is 21.0 Å². The van der Waals surface area contributed by atoms with Gasteiger partial charge in [-0.15, -0.1) is 0 Å². The van der Waals surface area contributed by atoms with Crippen molar-refractivity contribution in [1.82, 2.24) is 0 Å². The highest BCUT2D eigenvalue weighted by atomic mass is 32.3. The number of rotatable bonds is 4. The molecule has 0 fully saturated rings. The van der Waals surface area contributed by atoms with E-state index in [0.717, 1.165) is 0 Å². The van der Waals surface area contributed by atoms with Crippen molar-refractivity contribution < 1.29 is 21.6 Å². The lowest BCUT2D eigenvalue weighted by Gasteiger charge is -2.20. The number of hydrogen-bond acceptors (Lipinski definition) is 4.